The van der Waals surface area contributed by atoms with Gasteiger partial charge >= 0.3 is 0 Å². The zero-order valence-electron chi connectivity index (χ0n) is 21.7. The number of fused-ring (bicyclic) bond motifs is 1. The van der Waals surface area contributed by atoms with Crippen LogP contribution in [0.4, 0.5) is 0 Å². The molecular formula is C28H37N5O4S. The number of carbonyl (C=O) groups is 1. The minimum absolute atomic E-state index is 0.107. The molecule has 0 atom stereocenters. The summed E-state index contributed by atoms with van der Waals surface area (Å²) in [5, 5.41) is 4.26. The van der Waals surface area contributed by atoms with Crippen molar-refractivity contribution in [3.05, 3.63) is 59.8 Å². The lowest BCUT2D eigenvalue weighted by Gasteiger charge is -2.31. The zero-order chi connectivity index (χ0) is 26.5. The minimum Gasteiger partial charge on any atom is -0.379 e. The molecule has 204 valence electrons. The average Bonchev–Trinajstić information content (AvgIpc) is 3.37. The van der Waals surface area contributed by atoms with E-state index in [0.29, 0.717) is 25.2 Å². The van der Waals surface area contributed by atoms with Crippen LogP contribution in [0.2, 0.25) is 0 Å². The van der Waals surface area contributed by atoms with Gasteiger partial charge in [-0.05, 0) is 47.6 Å². The Bertz CT molecular complexity index is 1340. The van der Waals surface area contributed by atoms with Gasteiger partial charge in [0.05, 0.1) is 30.0 Å². The van der Waals surface area contributed by atoms with Gasteiger partial charge in [-0.2, -0.15) is 0 Å². The molecule has 9 nitrogen and oxygen atoms in total. The molecule has 2 aliphatic rings. The van der Waals surface area contributed by atoms with Crippen LogP contribution in [0, 0.1) is 0 Å². The maximum absolute atomic E-state index is 13.0. The summed E-state index contributed by atoms with van der Waals surface area (Å²) in [6.07, 6.45) is 3.43. The third-order valence-corrected chi connectivity index (χ3v) is 9.60. The van der Waals surface area contributed by atoms with Crippen molar-refractivity contribution in [3.8, 4) is 11.1 Å². The van der Waals surface area contributed by atoms with Gasteiger partial charge in [-0.3, -0.25) is 9.69 Å². The molecule has 2 fully saturated rings. The molecule has 1 amide bonds. The highest BCUT2D eigenvalue weighted by molar-refractivity contribution is 7.89. The normalized spacial score (nSPS) is 18.2. The standard InChI is InChI=1S/C28H37N5O4S/c29-28(34)25-19-23(21-4-2-1-3-5-21)18-24-26(20-31-27(24)25)22-6-10-33(11-7-22)38(35,36)17-9-30-8-12-32-13-15-37-16-14-32/h1-5,18-20,22,30-31H,6-17H2,(H2,29,34). The molecule has 0 bridgehead atoms. The lowest BCUT2D eigenvalue weighted by Crippen LogP contribution is -2.43. The third kappa shape index (κ3) is 6.10. The van der Waals surface area contributed by atoms with E-state index in [4.69, 9.17) is 10.5 Å². The minimum atomic E-state index is -3.32. The first kappa shape index (κ1) is 26.8. The Hall–Kier alpha value is -2.76. The van der Waals surface area contributed by atoms with Gasteiger partial charge in [-0.25, -0.2) is 12.7 Å². The van der Waals surface area contributed by atoms with E-state index in [1.165, 1.54) is 0 Å². The first-order valence-corrected chi connectivity index (χ1v) is 15.0. The Balaban J connectivity index is 1.21. The van der Waals surface area contributed by atoms with Crippen LogP contribution in [-0.2, 0) is 14.8 Å². The molecule has 2 saturated heterocycles. The van der Waals surface area contributed by atoms with E-state index in [1.807, 2.05) is 42.6 Å². The largest absolute Gasteiger partial charge is 0.379 e. The van der Waals surface area contributed by atoms with E-state index < -0.39 is 15.9 Å². The van der Waals surface area contributed by atoms with Crippen molar-refractivity contribution in [3.63, 3.8) is 0 Å². The number of amides is 1. The van der Waals surface area contributed by atoms with Crippen molar-refractivity contribution >= 4 is 26.8 Å². The molecule has 5 rings (SSSR count). The smallest absolute Gasteiger partial charge is 0.250 e. The summed E-state index contributed by atoms with van der Waals surface area (Å²) < 4.78 is 33.0. The highest BCUT2D eigenvalue weighted by atomic mass is 32.2. The lowest BCUT2D eigenvalue weighted by molar-refractivity contribution is 0.0385. The van der Waals surface area contributed by atoms with Gasteiger partial charge in [0.15, 0.2) is 0 Å². The number of H-pyrrole nitrogens is 1. The van der Waals surface area contributed by atoms with Crippen molar-refractivity contribution in [2.45, 2.75) is 18.8 Å². The first-order valence-electron chi connectivity index (χ1n) is 13.4. The Labute approximate surface area is 224 Å². The molecule has 0 spiro atoms. The highest BCUT2D eigenvalue weighted by Gasteiger charge is 2.30. The van der Waals surface area contributed by atoms with E-state index >= 15 is 0 Å². The fourth-order valence-electron chi connectivity index (χ4n) is 5.54. The summed E-state index contributed by atoms with van der Waals surface area (Å²) in [4.78, 5) is 17.9. The van der Waals surface area contributed by atoms with Gasteiger partial charge in [0, 0.05) is 57.4 Å². The number of rotatable bonds is 10. The second-order valence-corrected chi connectivity index (χ2v) is 12.2. The van der Waals surface area contributed by atoms with E-state index in [-0.39, 0.29) is 11.7 Å². The van der Waals surface area contributed by atoms with Crippen LogP contribution >= 0.6 is 0 Å². The molecule has 0 aliphatic carbocycles. The van der Waals surface area contributed by atoms with Crippen LogP contribution in [0.1, 0.15) is 34.7 Å². The van der Waals surface area contributed by atoms with Crippen LogP contribution in [0.3, 0.4) is 0 Å². The van der Waals surface area contributed by atoms with Gasteiger partial charge in [0.25, 0.3) is 5.91 Å². The van der Waals surface area contributed by atoms with E-state index in [1.54, 1.807) is 4.31 Å². The van der Waals surface area contributed by atoms with Crippen molar-refractivity contribution in [2.24, 2.45) is 5.73 Å². The van der Waals surface area contributed by atoms with Gasteiger partial charge in [-0.15, -0.1) is 0 Å². The molecule has 0 saturated carbocycles. The number of morpholine rings is 1. The predicted molar refractivity (Wildman–Crippen MR) is 150 cm³/mol. The number of nitrogens with one attached hydrogen (secondary N) is 2. The number of nitrogens with zero attached hydrogens (tertiary/aromatic N) is 2. The second-order valence-electron chi connectivity index (χ2n) is 10.1. The number of benzene rings is 2. The molecule has 2 aliphatic heterocycles. The number of carbonyl (C=O) groups excluding carboxylic acids is 1. The van der Waals surface area contributed by atoms with Gasteiger partial charge < -0.3 is 20.8 Å². The van der Waals surface area contributed by atoms with Gasteiger partial charge in [0.1, 0.15) is 0 Å². The average molecular weight is 540 g/mol. The summed E-state index contributed by atoms with van der Waals surface area (Å²) in [6.45, 7) is 6.52. The van der Waals surface area contributed by atoms with Crippen LogP contribution in [-0.4, -0.2) is 93.3 Å². The van der Waals surface area contributed by atoms with Crippen molar-refractivity contribution < 1.29 is 17.9 Å². The Kier molecular flexibility index (Phi) is 8.45. The number of piperidine rings is 1. The van der Waals surface area contributed by atoms with E-state index in [9.17, 15) is 13.2 Å². The number of ether oxygens (including phenoxy) is 1. The quantitative estimate of drug-likeness (QED) is 0.340. The number of nitrogens with two attached hydrogens (primary N) is 1. The molecular weight excluding hydrogens is 502 g/mol. The topological polar surface area (TPSA) is 121 Å². The molecule has 3 aromatic rings. The van der Waals surface area contributed by atoms with Crippen LogP contribution < -0.4 is 11.1 Å². The summed E-state index contributed by atoms with van der Waals surface area (Å²) >= 11 is 0. The summed E-state index contributed by atoms with van der Waals surface area (Å²) in [7, 11) is -3.32. The third-order valence-electron chi connectivity index (χ3n) is 7.73. The highest BCUT2D eigenvalue weighted by Crippen LogP contribution is 2.37. The van der Waals surface area contributed by atoms with Crippen molar-refractivity contribution in [1.82, 2.24) is 19.5 Å². The lowest BCUT2D eigenvalue weighted by atomic mass is 9.88. The molecule has 1 aromatic heterocycles. The monoisotopic (exact) mass is 539 g/mol. The second kappa shape index (κ2) is 12.0. The number of aromatic amines is 1. The molecule has 10 heteroatoms. The molecule has 0 unspecified atom stereocenters. The summed E-state index contributed by atoms with van der Waals surface area (Å²) in [5.74, 6) is -0.162. The molecule has 2 aromatic carbocycles. The zero-order valence-corrected chi connectivity index (χ0v) is 22.5. The Morgan fingerprint density at radius 1 is 1.03 bits per heavy atom. The summed E-state index contributed by atoms with van der Waals surface area (Å²) in [6, 6.07) is 13.9. The van der Waals surface area contributed by atoms with Gasteiger partial charge in [0.2, 0.25) is 10.0 Å². The number of primary amides is 1. The van der Waals surface area contributed by atoms with Crippen LogP contribution in [0.5, 0.6) is 0 Å². The molecule has 0 radical (unpaired) electrons. The Morgan fingerprint density at radius 3 is 2.47 bits per heavy atom. The number of sulfonamides is 1. The maximum atomic E-state index is 13.0. The number of hydrogen-bond donors (Lipinski definition) is 3. The SMILES string of the molecule is NC(=O)c1cc(-c2ccccc2)cc2c(C3CCN(S(=O)(=O)CCNCCN4CCOCC4)CC3)c[nH]c12. The maximum Gasteiger partial charge on any atom is 0.250 e. The molecule has 38 heavy (non-hydrogen) atoms. The molecule has 4 N–H and O–H groups in total. The van der Waals surface area contributed by atoms with E-state index in [2.05, 4.69) is 21.3 Å². The van der Waals surface area contributed by atoms with Crippen molar-refractivity contribution in [1.29, 1.82) is 0 Å². The van der Waals surface area contributed by atoms with E-state index in [0.717, 1.165) is 79.8 Å². The van der Waals surface area contributed by atoms with Crippen LogP contribution in [0.25, 0.3) is 22.0 Å². The predicted octanol–water partition coefficient (Wildman–Crippen LogP) is 2.36. The fourth-order valence-corrected chi connectivity index (χ4v) is 6.97. The first-order chi connectivity index (χ1) is 18.4. The summed E-state index contributed by atoms with van der Waals surface area (Å²) in [5.41, 5.74) is 10.0. The molecule has 3 heterocycles. The van der Waals surface area contributed by atoms with Gasteiger partial charge in [-0.1, -0.05) is 30.3 Å². The fraction of sp³-hybridized carbons (Fsp3) is 0.464. The number of hydrogen-bond acceptors (Lipinski definition) is 6. The number of aromatic nitrogens is 1. The Morgan fingerprint density at radius 2 is 1.76 bits per heavy atom. The van der Waals surface area contributed by atoms with Crippen LogP contribution in [0.15, 0.2) is 48.7 Å². The van der Waals surface area contributed by atoms with Crippen molar-refractivity contribution in [2.75, 3.05) is 64.8 Å².